The Morgan fingerprint density at radius 1 is 1.16 bits per heavy atom. The lowest BCUT2D eigenvalue weighted by Gasteiger charge is -2.21. The average Bonchev–Trinajstić information content (AvgIpc) is 2.92. The molecule has 0 saturated heterocycles. The van der Waals surface area contributed by atoms with E-state index >= 15 is 0 Å². The molecular formula is C18H24N4O3. The van der Waals surface area contributed by atoms with Crippen molar-refractivity contribution in [3.05, 3.63) is 36.5 Å². The number of ether oxygens (including phenoxy) is 1. The number of hydrogen-bond acceptors (Lipinski definition) is 4. The molecule has 2 aromatic rings. The quantitative estimate of drug-likeness (QED) is 0.893. The van der Waals surface area contributed by atoms with Gasteiger partial charge in [0.1, 0.15) is 11.6 Å². The number of nitrogens with one attached hydrogen (secondary N) is 2. The maximum atomic E-state index is 12.2. The first-order valence-corrected chi connectivity index (χ1v) is 8.04. The lowest BCUT2D eigenvalue weighted by atomic mass is 10.1. The van der Waals surface area contributed by atoms with Gasteiger partial charge in [-0.15, -0.1) is 0 Å². The Labute approximate surface area is 147 Å². The SMILES string of the molecule is C[C@@H](NC(=O)OC(C)(C)C)C(=O)Nc1ccc(-c2ccn(C)n2)cc1. The van der Waals surface area contributed by atoms with Crippen LogP contribution in [0.25, 0.3) is 11.3 Å². The van der Waals surface area contributed by atoms with Crippen molar-refractivity contribution in [2.24, 2.45) is 7.05 Å². The topological polar surface area (TPSA) is 85.2 Å². The van der Waals surface area contributed by atoms with Gasteiger partial charge in [0.15, 0.2) is 0 Å². The number of alkyl carbamates (subject to hydrolysis) is 1. The Morgan fingerprint density at radius 2 is 1.80 bits per heavy atom. The number of nitrogens with zero attached hydrogens (tertiary/aromatic N) is 2. The lowest BCUT2D eigenvalue weighted by molar-refractivity contribution is -0.117. The molecule has 2 N–H and O–H groups in total. The van der Waals surface area contributed by atoms with Crippen LogP contribution in [0.1, 0.15) is 27.7 Å². The largest absolute Gasteiger partial charge is 0.444 e. The van der Waals surface area contributed by atoms with Crippen molar-refractivity contribution in [2.75, 3.05) is 5.32 Å². The molecule has 1 atom stereocenters. The third kappa shape index (κ3) is 5.63. The highest BCUT2D eigenvalue weighted by atomic mass is 16.6. The fourth-order valence-electron chi connectivity index (χ4n) is 2.09. The van der Waals surface area contributed by atoms with Gasteiger partial charge >= 0.3 is 6.09 Å². The molecule has 0 aliphatic rings. The number of amides is 2. The van der Waals surface area contributed by atoms with E-state index in [1.807, 2.05) is 31.4 Å². The van der Waals surface area contributed by atoms with Crippen molar-refractivity contribution >= 4 is 17.7 Å². The summed E-state index contributed by atoms with van der Waals surface area (Å²) in [6, 6.07) is 8.55. The number of aromatic nitrogens is 2. The van der Waals surface area contributed by atoms with Crippen molar-refractivity contribution in [3.8, 4) is 11.3 Å². The first-order chi connectivity index (χ1) is 11.6. The summed E-state index contributed by atoms with van der Waals surface area (Å²) >= 11 is 0. The molecule has 2 amide bonds. The van der Waals surface area contributed by atoms with Gasteiger partial charge in [-0.3, -0.25) is 9.48 Å². The smallest absolute Gasteiger partial charge is 0.408 e. The van der Waals surface area contributed by atoms with Crippen molar-refractivity contribution in [3.63, 3.8) is 0 Å². The minimum absolute atomic E-state index is 0.323. The van der Waals surface area contributed by atoms with Crippen molar-refractivity contribution in [1.29, 1.82) is 0 Å². The highest BCUT2D eigenvalue weighted by Gasteiger charge is 2.21. The highest BCUT2D eigenvalue weighted by molar-refractivity contribution is 5.96. The third-order valence-electron chi connectivity index (χ3n) is 3.29. The summed E-state index contributed by atoms with van der Waals surface area (Å²) in [5, 5.41) is 9.60. The van der Waals surface area contributed by atoms with Crippen molar-refractivity contribution in [2.45, 2.75) is 39.3 Å². The van der Waals surface area contributed by atoms with Crippen LogP contribution in [-0.2, 0) is 16.6 Å². The number of carbonyl (C=O) groups excluding carboxylic acids is 2. The van der Waals surface area contributed by atoms with Gasteiger partial charge in [0, 0.05) is 24.5 Å². The number of anilines is 1. The number of aryl methyl sites for hydroxylation is 1. The predicted octanol–water partition coefficient (Wildman–Crippen LogP) is 2.94. The molecule has 0 fully saturated rings. The maximum Gasteiger partial charge on any atom is 0.408 e. The maximum absolute atomic E-state index is 12.2. The van der Waals surface area contributed by atoms with E-state index in [4.69, 9.17) is 4.74 Å². The molecular weight excluding hydrogens is 320 g/mol. The molecule has 1 heterocycles. The minimum atomic E-state index is -0.717. The first-order valence-electron chi connectivity index (χ1n) is 8.04. The van der Waals surface area contributed by atoms with Gasteiger partial charge in [-0.05, 0) is 45.9 Å². The van der Waals surface area contributed by atoms with E-state index in [9.17, 15) is 9.59 Å². The summed E-state index contributed by atoms with van der Waals surface area (Å²) < 4.78 is 6.87. The van der Waals surface area contributed by atoms with Crippen LogP contribution < -0.4 is 10.6 Å². The van der Waals surface area contributed by atoms with E-state index in [-0.39, 0.29) is 5.91 Å². The van der Waals surface area contributed by atoms with Crippen LogP contribution in [0.2, 0.25) is 0 Å². The molecule has 0 aliphatic heterocycles. The Balaban J connectivity index is 1.92. The molecule has 0 aliphatic carbocycles. The van der Waals surface area contributed by atoms with Gasteiger partial charge in [-0.25, -0.2) is 4.79 Å². The monoisotopic (exact) mass is 344 g/mol. The third-order valence-corrected chi connectivity index (χ3v) is 3.29. The van der Waals surface area contributed by atoms with Crippen molar-refractivity contribution < 1.29 is 14.3 Å². The fraction of sp³-hybridized carbons (Fsp3) is 0.389. The van der Waals surface area contributed by atoms with Crippen LogP contribution in [0.3, 0.4) is 0 Å². The molecule has 0 bridgehead atoms. The van der Waals surface area contributed by atoms with Crippen LogP contribution in [0, 0.1) is 0 Å². The van der Waals surface area contributed by atoms with Crippen LogP contribution in [0.15, 0.2) is 36.5 Å². The van der Waals surface area contributed by atoms with Crippen LogP contribution >= 0.6 is 0 Å². The molecule has 0 spiro atoms. The zero-order valence-corrected chi connectivity index (χ0v) is 15.2. The summed E-state index contributed by atoms with van der Waals surface area (Å²) in [5.41, 5.74) is 1.85. The molecule has 0 radical (unpaired) electrons. The summed E-state index contributed by atoms with van der Waals surface area (Å²) in [6.45, 7) is 6.89. The zero-order valence-electron chi connectivity index (χ0n) is 15.2. The standard InChI is InChI=1S/C18H24N4O3/c1-12(19-17(24)25-18(2,3)4)16(23)20-14-8-6-13(7-9-14)15-10-11-22(5)21-15/h6-12H,1-5H3,(H,19,24)(H,20,23)/t12-/m1/s1. The normalized spacial score (nSPS) is 12.4. The van der Waals surface area contributed by atoms with Crippen molar-refractivity contribution in [1.82, 2.24) is 15.1 Å². The zero-order chi connectivity index (χ0) is 18.6. The summed E-state index contributed by atoms with van der Waals surface area (Å²) in [6.07, 6.45) is 1.25. The Hall–Kier alpha value is -2.83. The van der Waals surface area contributed by atoms with Gasteiger partial charge in [0.25, 0.3) is 0 Å². The predicted molar refractivity (Wildman–Crippen MR) is 96.1 cm³/mol. The van der Waals surface area contributed by atoms with E-state index in [0.29, 0.717) is 5.69 Å². The van der Waals surface area contributed by atoms with Crippen LogP contribution in [-0.4, -0.2) is 33.4 Å². The summed E-state index contributed by atoms with van der Waals surface area (Å²) in [5.74, 6) is -0.323. The molecule has 25 heavy (non-hydrogen) atoms. The van der Waals surface area contributed by atoms with Gasteiger partial charge in [0.2, 0.25) is 5.91 Å². The van der Waals surface area contributed by atoms with Crippen LogP contribution in [0.5, 0.6) is 0 Å². The molecule has 0 saturated carbocycles. The minimum Gasteiger partial charge on any atom is -0.444 e. The molecule has 1 aromatic carbocycles. The molecule has 7 heteroatoms. The van der Waals surface area contributed by atoms with E-state index in [0.717, 1.165) is 11.3 Å². The van der Waals surface area contributed by atoms with E-state index in [1.165, 1.54) is 0 Å². The number of benzene rings is 1. The summed E-state index contributed by atoms with van der Waals surface area (Å²) in [7, 11) is 1.86. The highest BCUT2D eigenvalue weighted by Crippen LogP contribution is 2.19. The molecule has 0 unspecified atom stereocenters. The summed E-state index contributed by atoms with van der Waals surface area (Å²) in [4.78, 5) is 23.9. The molecule has 7 nitrogen and oxygen atoms in total. The van der Waals surface area contributed by atoms with Gasteiger partial charge in [-0.2, -0.15) is 5.10 Å². The Kier molecular flexibility index (Phi) is 5.46. The Bertz CT molecular complexity index is 744. The Morgan fingerprint density at radius 3 is 2.32 bits per heavy atom. The van der Waals surface area contributed by atoms with E-state index in [2.05, 4.69) is 15.7 Å². The molecule has 134 valence electrons. The van der Waals surface area contributed by atoms with E-state index in [1.54, 1.807) is 44.5 Å². The molecule has 1 aromatic heterocycles. The van der Waals surface area contributed by atoms with Gasteiger partial charge < -0.3 is 15.4 Å². The number of carbonyl (C=O) groups is 2. The second kappa shape index (κ2) is 7.38. The van der Waals surface area contributed by atoms with E-state index < -0.39 is 17.7 Å². The van der Waals surface area contributed by atoms with Gasteiger partial charge in [0.05, 0.1) is 5.69 Å². The van der Waals surface area contributed by atoms with Crippen LogP contribution in [0.4, 0.5) is 10.5 Å². The second-order valence-corrected chi connectivity index (χ2v) is 6.81. The average molecular weight is 344 g/mol. The fourth-order valence-corrected chi connectivity index (χ4v) is 2.09. The van der Waals surface area contributed by atoms with Gasteiger partial charge in [-0.1, -0.05) is 12.1 Å². The molecule has 2 rings (SSSR count). The number of hydrogen-bond donors (Lipinski definition) is 2. The number of rotatable bonds is 4. The lowest BCUT2D eigenvalue weighted by Crippen LogP contribution is -2.43. The second-order valence-electron chi connectivity index (χ2n) is 6.81. The first kappa shape index (κ1) is 18.5.